The Kier molecular flexibility index (Phi) is 4.43. The maximum atomic E-state index is 10.9. The number of carbonyl (C=O) groups is 1. The number of hydrogen-bond donors (Lipinski definition) is 2. The fourth-order valence-corrected chi connectivity index (χ4v) is 1.43. The Balaban J connectivity index is 2.74. The molecule has 0 saturated heterocycles. The summed E-state index contributed by atoms with van der Waals surface area (Å²) in [5.41, 5.74) is 5.70. The number of anilines is 1. The number of nitriles is 1. The number of ether oxygens (including phenoxy) is 1. The van der Waals surface area contributed by atoms with Gasteiger partial charge in [0.25, 0.3) is 0 Å². The summed E-state index contributed by atoms with van der Waals surface area (Å²) in [6, 6.07) is 8.65. The van der Waals surface area contributed by atoms with Crippen LogP contribution in [0.15, 0.2) is 24.3 Å². The number of primary amides is 1. The topological polar surface area (TPSA) is 88.1 Å². The molecule has 1 aromatic carbocycles. The van der Waals surface area contributed by atoms with E-state index in [0.717, 1.165) is 0 Å². The third-order valence-electron chi connectivity index (χ3n) is 2.03. The molecule has 17 heavy (non-hydrogen) atoms. The van der Waals surface area contributed by atoms with Gasteiger partial charge in [0.2, 0.25) is 5.91 Å². The lowest BCUT2D eigenvalue weighted by Gasteiger charge is -2.10. The van der Waals surface area contributed by atoms with E-state index < -0.39 is 11.8 Å². The molecule has 0 radical (unpaired) electrons. The molecular weight excluding hydrogens is 238 g/mol. The van der Waals surface area contributed by atoms with Crippen LogP contribution in [0.3, 0.4) is 0 Å². The fraction of sp³-hybridized carbons (Fsp3) is 0.182. The van der Waals surface area contributed by atoms with Gasteiger partial charge in [-0.1, -0.05) is 12.2 Å². The number of nitrogens with two attached hydrogens (primary N) is 1. The highest BCUT2D eigenvalue weighted by Crippen LogP contribution is 2.16. The maximum Gasteiger partial charge on any atom is 0.241 e. The Labute approximate surface area is 104 Å². The van der Waals surface area contributed by atoms with Crippen LogP contribution in [0.25, 0.3) is 0 Å². The van der Waals surface area contributed by atoms with Gasteiger partial charge in [-0.2, -0.15) is 5.26 Å². The van der Waals surface area contributed by atoms with Crippen molar-refractivity contribution in [2.24, 2.45) is 11.7 Å². The Morgan fingerprint density at radius 1 is 1.53 bits per heavy atom. The number of amides is 1. The van der Waals surface area contributed by atoms with E-state index in [1.807, 2.05) is 0 Å². The molecule has 88 valence electrons. The van der Waals surface area contributed by atoms with Gasteiger partial charge in [-0.15, -0.1) is 0 Å². The number of hydrogen-bond acceptors (Lipinski definition) is 4. The number of nitrogens with zero attached hydrogens (tertiary/aromatic N) is 1. The van der Waals surface area contributed by atoms with Gasteiger partial charge in [-0.3, -0.25) is 4.79 Å². The lowest BCUT2D eigenvalue weighted by atomic mass is 10.1. The third-order valence-corrected chi connectivity index (χ3v) is 2.37. The molecular formula is C11H11N3O2S. The Morgan fingerprint density at radius 2 is 2.12 bits per heavy atom. The minimum Gasteiger partial charge on any atom is -0.497 e. The molecule has 1 atom stereocenters. The van der Waals surface area contributed by atoms with E-state index in [1.54, 1.807) is 37.4 Å². The van der Waals surface area contributed by atoms with Gasteiger partial charge in [-0.05, 0) is 24.3 Å². The average Bonchev–Trinajstić information content (AvgIpc) is 2.30. The molecule has 0 saturated carbocycles. The number of benzene rings is 1. The van der Waals surface area contributed by atoms with Crippen LogP contribution >= 0.6 is 12.2 Å². The maximum absolute atomic E-state index is 10.9. The van der Waals surface area contributed by atoms with Crippen molar-refractivity contribution in [2.45, 2.75) is 0 Å². The summed E-state index contributed by atoms with van der Waals surface area (Å²) < 4.78 is 4.99. The van der Waals surface area contributed by atoms with Crippen LogP contribution < -0.4 is 15.8 Å². The molecule has 5 nitrogen and oxygen atoms in total. The first kappa shape index (κ1) is 12.9. The Morgan fingerprint density at radius 3 is 2.53 bits per heavy atom. The van der Waals surface area contributed by atoms with E-state index in [2.05, 4.69) is 5.32 Å². The molecule has 0 aliphatic carbocycles. The van der Waals surface area contributed by atoms with Crippen molar-refractivity contribution in [1.82, 2.24) is 0 Å². The zero-order valence-electron chi connectivity index (χ0n) is 9.14. The van der Waals surface area contributed by atoms with E-state index in [9.17, 15) is 4.79 Å². The second-order valence-corrected chi connectivity index (χ2v) is 3.62. The zero-order chi connectivity index (χ0) is 12.8. The minimum absolute atomic E-state index is 0.0881. The first-order chi connectivity index (χ1) is 8.08. The predicted octanol–water partition coefficient (Wildman–Crippen LogP) is 1.06. The second-order valence-electron chi connectivity index (χ2n) is 3.18. The molecule has 0 spiro atoms. The van der Waals surface area contributed by atoms with E-state index in [4.69, 9.17) is 28.0 Å². The summed E-state index contributed by atoms with van der Waals surface area (Å²) in [4.78, 5) is 11.0. The normalized spacial score (nSPS) is 11.1. The third kappa shape index (κ3) is 3.43. The number of carbonyl (C=O) groups excluding carboxylic acids is 1. The number of rotatable bonds is 4. The van der Waals surface area contributed by atoms with E-state index in [0.29, 0.717) is 11.4 Å². The van der Waals surface area contributed by atoms with E-state index >= 15 is 0 Å². The van der Waals surface area contributed by atoms with Crippen molar-refractivity contribution >= 4 is 28.8 Å². The molecule has 6 heteroatoms. The van der Waals surface area contributed by atoms with Gasteiger partial charge in [0.05, 0.1) is 13.2 Å². The second kappa shape index (κ2) is 5.82. The quantitative estimate of drug-likeness (QED) is 0.779. The van der Waals surface area contributed by atoms with Crippen molar-refractivity contribution < 1.29 is 9.53 Å². The summed E-state index contributed by atoms with van der Waals surface area (Å²) in [5, 5.41) is 11.5. The van der Waals surface area contributed by atoms with E-state index in [-0.39, 0.29) is 4.99 Å². The molecule has 3 N–H and O–H groups in total. The summed E-state index contributed by atoms with van der Waals surface area (Å²) in [6.45, 7) is 0. The first-order valence-electron chi connectivity index (χ1n) is 4.72. The summed E-state index contributed by atoms with van der Waals surface area (Å²) in [7, 11) is 1.56. The van der Waals surface area contributed by atoms with Crippen molar-refractivity contribution in [2.75, 3.05) is 12.4 Å². The van der Waals surface area contributed by atoms with Gasteiger partial charge < -0.3 is 15.8 Å². The smallest absolute Gasteiger partial charge is 0.241 e. The molecule has 1 amide bonds. The monoisotopic (exact) mass is 249 g/mol. The van der Waals surface area contributed by atoms with Crippen LogP contribution in [0.1, 0.15) is 0 Å². The lowest BCUT2D eigenvalue weighted by molar-refractivity contribution is -0.118. The predicted molar refractivity (Wildman–Crippen MR) is 67.5 cm³/mol. The van der Waals surface area contributed by atoms with Gasteiger partial charge in [0.1, 0.15) is 10.7 Å². The van der Waals surface area contributed by atoms with Gasteiger partial charge in [-0.25, -0.2) is 0 Å². The average molecular weight is 249 g/mol. The minimum atomic E-state index is -1.12. The van der Waals surface area contributed by atoms with Crippen LogP contribution in [0, 0.1) is 17.2 Å². The molecule has 1 rings (SSSR count). The SMILES string of the molecule is COc1ccc(NC(=S)C(C#N)C(N)=O)cc1. The van der Waals surface area contributed by atoms with E-state index in [1.165, 1.54) is 0 Å². The van der Waals surface area contributed by atoms with Crippen molar-refractivity contribution in [3.63, 3.8) is 0 Å². The van der Waals surface area contributed by atoms with Gasteiger partial charge in [0, 0.05) is 5.69 Å². The highest BCUT2D eigenvalue weighted by atomic mass is 32.1. The van der Waals surface area contributed by atoms with Gasteiger partial charge in [0.15, 0.2) is 5.92 Å². The molecule has 0 aliphatic rings. The number of nitrogens with one attached hydrogen (secondary N) is 1. The molecule has 1 aromatic rings. The largest absolute Gasteiger partial charge is 0.497 e. The molecule has 0 aromatic heterocycles. The van der Waals surface area contributed by atoms with Crippen LogP contribution in [0.5, 0.6) is 5.75 Å². The highest BCUT2D eigenvalue weighted by molar-refractivity contribution is 7.80. The van der Waals surface area contributed by atoms with Gasteiger partial charge >= 0.3 is 0 Å². The summed E-state index contributed by atoms with van der Waals surface area (Å²) in [6.07, 6.45) is 0. The van der Waals surface area contributed by atoms with Crippen LogP contribution in [0.2, 0.25) is 0 Å². The molecule has 0 heterocycles. The standard InChI is InChI=1S/C11H11N3O2S/c1-16-8-4-2-7(3-5-8)14-11(17)9(6-12)10(13)15/h2-5,9H,1H3,(H2,13,15)(H,14,17). The zero-order valence-corrected chi connectivity index (χ0v) is 9.95. The van der Waals surface area contributed by atoms with Crippen molar-refractivity contribution in [3.8, 4) is 11.8 Å². The first-order valence-corrected chi connectivity index (χ1v) is 5.13. The van der Waals surface area contributed by atoms with Crippen LogP contribution in [-0.2, 0) is 4.79 Å². The Hall–Kier alpha value is -2.13. The molecule has 0 fully saturated rings. The van der Waals surface area contributed by atoms with Crippen molar-refractivity contribution in [3.05, 3.63) is 24.3 Å². The van der Waals surface area contributed by atoms with Crippen molar-refractivity contribution in [1.29, 1.82) is 5.26 Å². The number of thiocarbonyl (C=S) groups is 1. The number of methoxy groups -OCH3 is 1. The molecule has 0 bridgehead atoms. The highest BCUT2D eigenvalue weighted by Gasteiger charge is 2.19. The van der Waals surface area contributed by atoms with Crippen LogP contribution in [0.4, 0.5) is 5.69 Å². The Bertz CT molecular complexity index is 465. The molecule has 0 aliphatic heterocycles. The summed E-state index contributed by atoms with van der Waals surface area (Å²) in [5.74, 6) is -1.18. The fourth-order valence-electron chi connectivity index (χ4n) is 1.14. The lowest BCUT2D eigenvalue weighted by Crippen LogP contribution is -2.32. The molecule has 1 unspecified atom stereocenters. The van der Waals surface area contributed by atoms with Crippen LogP contribution in [-0.4, -0.2) is 18.0 Å². The summed E-state index contributed by atoms with van der Waals surface area (Å²) >= 11 is 4.93.